The summed E-state index contributed by atoms with van der Waals surface area (Å²) < 4.78 is 5.09. The van der Waals surface area contributed by atoms with Crippen molar-refractivity contribution in [3.05, 3.63) is 17.0 Å². The number of amides is 1. The van der Waals surface area contributed by atoms with Crippen molar-refractivity contribution in [2.75, 3.05) is 6.54 Å². The van der Waals surface area contributed by atoms with Crippen LogP contribution in [0.15, 0.2) is 4.52 Å². The van der Waals surface area contributed by atoms with Crippen molar-refractivity contribution in [3.63, 3.8) is 0 Å². The third-order valence-electron chi connectivity index (χ3n) is 3.63. The highest BCUT2D eigenvalue weighted by molar-refractivity contribution is 5.79. The van der Waals surface area contributed by atoms with Gasteiger partial charge in [-0.3, -0.25) is 4.79 Å². The van der Waals surface area contributed by atoms with Crippen molar-refractivity contribution >= 4 is 5.91 Å². The van der Waals surface area contributed by atoms with Crippen LogP contribution in [0, 0.1) is 13.8 Å². The van der Waals surface area contributed by atoms with Gasteiger partial charge in [0.15, 0.2) is 0 Å². The standard InChI is InChI=1S/C13H20N2O2/c1-9-6-4-5-7-15(9)13(16)8-12-10(2)14-17-11(12)3/h9H,4-8H2,1-3H3. The molecule has 94 valence electrons. The molecule has 2 heterocycles. The second-order valence-electron chi connectivity index (χ2n) is 4.91. The maximum Gasteiger partial charge on any atom is 0.227 e. The van der Waals surface area contributed by atoms with Crippen LogP contribution in [0.1, 0.15) is 43.2 Å². The Labute approximate surface area is 102 Å². The molecule has 1 saturated heterocycles. The Kier molecular flexibility index (Phi) is 3.50. The first-order valence-corrected chi connectivity index (χ1v) is 6.31. The molecule has 0 N–H and O–H groups in total. The average molecular weight is 236 g/mol. The first-order chi connectivity index (χ1) is 8.09. The van der Waals surface area contributed by atoms with Crippen molar-refractivity contribution in [1.82, 2.24) is 10.1 Å². The van der Waals surface area contributed by atoms with Gasteiger partial charge in [0.25, 0.3) is 0 Å². The summed E-state index contributed by atoms with van der Waals surface area (Å²) in [6, 6.07) is 0.372. The number of likely N-dealkylation sites (tertiary alicyclic amines) is 1. The summed E-state index contributed by atoms with van der Waals surface area (Å²) in [4.78, 5) is 14.2. The van der Waals surface area contributed by atoms with Gasteiger partial charge < -0.3 is 9.42 Å². The van der Waals surface area contributed by atoms with E-state index in [9.17, 15) is 4.79 Å². The molecule has 4 heteroatoms. The lowest BCUT2D eigenvalue weighted by atomic mass is 10.0. The van der Waals surface area contributed by atoms with Crippen LogP contribution in [0.3, 0.4) is 0 Å². The Morgan fingerprint density at radius 1 is 1.47 bits per heavy atom. The van der Waals surface area contributed by atoms with Crippen LogP contribution >= 0.6 is 0 Å². The lowest BCUT2D eigenvalue weighted by Crippen LogP contribution is -2.42. The van der Waals surface area contributed by atoms with E-state index < -0.39 is 0 Å². The Morgan fingerprint density at radius 3 is 2.82 bits per heavy atom. The normalized spacial score (nSPS) is 20.6. The molecule has 0 radical (unpaired) electrons. The van der Waals surface area contributed by atoms with Crippen LogP contribution in [0.2, 0.25) is 0 Å². The number of hydrogen-bond acceptors (Lipinski definition) is 3. The largest absolute Gasteiger partial charge is 0.361 e. The van der Waals surface area contributed by atoms with E-state index in [1.165, 1.54) is 6.42 Å². The Bertz CT molecular complexity index is 392. The van der Waals surface area contributed by atoms with E-state index in [4.69, 9.17) is 4.52 Å². The summed E-state index contributed by atoms with van der Waals surface area (Å²) in [7, 11) is 0. The predicted octanol–water partition coefficient (Wildman–Crippen LogP) is 2.23. The topological polar surface area (TPSA) is 46.3 Å². The number of piperidine rings is 1. The van der Waals surface area contributed by atoms with Gasteiger partial charge in [0.1, 0.15) is 5.76 Å². The van der Waals surface area contributed by atoms with Crippen molar-refractivity contribution in [2.24, 2.45) is 0 Å². The second kappa shape index (κ2) is 4.90. The highest BCUT2D eigenvalue weighted by Crippen LogP contribution is 2.19. The summed E-state index contributed by atoms with van der Waals surface area (Å²) in [5, 5.41) is 3.89. The molecule has 1 fully saturated rings. The van der Waals surface area contributed by atoms with Gasteiger partial charge in [-0.15, -0.1) is 0 Å². The molecule has 2 rings (SSSR count). The molecule has 1 aromatic rings. The molecule has 0 bridgehead atoms. The number of hydrogen-bond donors (Lipinski definition) is 0. The minimum Gasteiger partial charge on any atom is -0.361 e. The summed E-state index contributed by atoms with van der Waals surface area (Å²) >= 11 is 0. The first kappa shape index (κ1) is 12.1. The minimum atomic E-state index is 0.201. The number of nitrogens with zero attached hydrogens (tertiary/aromatic N) is 2. The van der Waals surface area contributed by atoms with Crippen molar-refractivity contribution in [1.29, 1.82) is 0 Å². The quantitative estimate of drug-likeness (QED) is 0.791. The predicted molar refractivity (Wildman–Crippen MR) is 64.7 cm³/mol. The van der Waals surface area contributed by atoms with Gasteiger partial charge in [-0.2, -0.15) is 0 Å². The number of carbonyl (C=O) groups excluding carboxylic acids is 1. The fourth-order valence-corrected chi connectivity index (χ4v) is 2.48. The van der Waals surface area contributed by atoms with E-state index in [-0.39, 0.29) is 5.91 Å². The maximum absolute atomic E-state index is 12.2. The van der Waals surface area contributed by atoms with Gasteiger partial charge in [-0.25, -0.2) is 0 Å². The highest BCUT2D eigenvalue weighted by Gasteiger charge is 2.24. The first-order valence-electron chi connectivity index (χ1n) is 6.31. The Hall–Kier alpha value is -1.32. The molecule has 1 aliphatic rings. The smallest absolute Gasteiger partial charge is 0.227 e. The van der Waals surface area contributed by atoms with Gasteiger partial charge in [0.05, 0.1) is 12.1 Å². The minimum absolute atomic E-state index is 0.201. The number of rotatable bonds is 2. The van der Waals surface area contributed by atoms with Gasteiger partial charge in [0, 0.05) is 18.2 Å². The maximum atomic E-state index is 12.2. The zero-order valence-electron chi connectivity index (χ0n) is 10.8. The van der Waals surface area contributed by atoms with Crippen LogP contribution in [-0.4, -0.2) is 28.6 Å². The zero-order chi connectivity index (χ0) is 12.4. The van der Waals surface area contributed by atoms with Crippen LogP contribution in [-0.2, 0) is 11.2 Å². The molecule has 4 nitrogen and oxygen atoms in total. The van der Waals surface area contributed by atoms with Crippen LogP contribution < -0.4 is 0 Å². The Balaban J connectivity index is 2.06. The SMILES string of the molecule is Cc1noc(C)c1CC(=O)N1CCCCC1C. The zero-order valence-corrected chi connectivity index (χ0v) is 10.8. The van der Waals surface area contributed by atoms with Crippen LogP contribution in [0.25, 0.3) is 0 Å². The number of aromatic nitrogens is 1. The molecule has 1 aromatic heterocycles. The third kappa shape index (κ3) is 2.51. The van der Waals surface area contributed by atoms with E-state index in [0.29, 0.717) is 12.5 Å². The van der Waals surface area contributed by atoms with Crippen molar-refractivity contribution < 1.29 is 9.32 Å². The van der Waals surface area contributed by atoms with E-state index in [1.807, 2.05) is 18.7 Å². The van der Waals surface area contributed by atoms with Crippen LogP contribution in [0.5, 0.6) is 0 Å². The lowest BCUT2D eigenvalue weighted by Gasteiger charge is -2.33. The molecule has 0 aromatic carbocycles. The van der Waals surface area contributed by atoms with Crippen molar-refractivity contribution in [3.8, 4) is 0 Å². The van der Waals surface area contributed by atoms with Gasteiger partial charge in [-0.05, 0) is 40.0 Å². The Morgan fingerprint density at radius 2 is 2.24 bits per heavy atom. The third-order valence-corrected chi connectivity index (χ3v) is 3.63. The van der Waals surface area contributed by atoms with E-state index in [2.05, 4.69) is 12.1 Å². The molecular weight excluding hydrogens is 216 g/mol. The summed E-state index contributed by atoms with van der Waals surface area (Å²) in [6.07, 6.45) is 3.90. The molecular formula is C13H20N2O2. The second-order valence-corrected chi connectivity index (χ2v) is 4.91. The summed E-state index contributed by atoms with van der Waals surface area (Å²) in [5.41, 5.74) is 1.79. The van der Waals surface area contributed by atoms with Gasteiger partial charge >= 0.3 is 0 Å². The van der Waals surface area contributed by atoms with Gasteiger partial charge in [-0.1, -0.05) is 5.16 Å². The van der Waals surface area contributed by atoms with Gasteiger partial charge in [0.2, 0.25) is 5.91 Å². The summed E-state index contributed by atoms with van der Waals surface area (Å²) in [5.74, 6) is 0.965. The van der Waals surface area contributed by atoms with E-state index in [0.717, 1.165) is 36.4 Å². The fraction of sp³-hybridized carbons (Fsp3) is 0.692. The monoisotopic (exact) mass is 236 g/mol. The molecule has 1 amide bonds. The molecule has 0 saturated carbocycles. The van der Waals surface area contributed by atoms with Crippen molar-refractivity contribution in [2.45, 2.75) is 52.5 Å². The van der Waals surface area contributed by atoms with Crippen LogP contribution in [0.4, 0.5) is 0 Å². The summed E-state index contributed by atoms with van der Waals surface area (Å²) in [6.45, 7) is 6.77. The molecule has 17 heavy (non-hydrogen) atoms. The molecule has 1 aliphatic heterocycles. The fourth-order valence-electron chi connectivity index (χ4n) is 2.48. The average Bonchev–Trinajstić information content (AvgIpc) is 2.61. The lowest BCUT2D eigenvalue weighted by molar-refractivity contribution is -0.133. The molecule has 1 atom stereocenters. The highest BCUT2D eigenvalue weighted by atomic mass is 16.5. The van der Waals surface area contributed by atoms with E-state index >= 15 is 0 Å². The number of carbonyl (C=O) groups is 1. The van der Waals surface area contributed by atoms with E-state index in [1.54, 1.807) is 0 Å². The number of aryl methyl sites for hydroxylation is 2. The molecule has 1 unspecified atom stereocenters. The molecule has 0 aliphatic carbocycles. The molecule has 0 spiro atoms.